The Morgan fingerprint density at radius 2 is 2.14 bits per heavy atom. The fourth-order valence-electron chi connectivity index (χ4n) is 3.32. The van der Waals surface area contributed by atoms with E-state index in [9.17, 15) is 0 Å². The lowest BCUT2D eigenvalue weighted by atomic mass is 9.86. The second-order valence-corrected chi connectivity index (χ2v) is 5.78. The van der Waals surface area contributed by atoms with Crippen LogP contribution in [0.4, 0.5) is 0 Å². The average Bonchev–Trinajstić information content (AvgIpc) is 2.70. The Hall–Kier alpha value is -0.0800. The molecule has 2 aliphatic rings. The fourth-order valence-corrected chi connectivity index (χ4v) is 3.32. The minimum absolute atomic E-state index is 0.545. The molecule has 2 fully saturated rings. The minimum atomic E-state index is 0.545. The molecule has 0 aromatic heterocycles. The van der Waals surface area contributed by atoms with Gasteiger partial charge in [-0.3, -0.25) is 4.90 Å². The molecule has 2 N–H and O–H groups in total. The molecule has 1 heterocycles. The van der Waals surface area contributed by atoms with Crippen LogP contribution in [-0.2, 0) is 0 Å². The molecule has 0 aromatic rings. The van der Waals surface area contributed by atoms with Crippen molar-refractivity contribution in [2.75, 3.05) is 19.6 Å². The van der Waals surface area contributed by atoms with Crippen molar-refractivity contribution in [3.05, 3.63) is 0 Å². The normalized spacial score (nSPS) is 37.9. The smallest absolute Gasteiger partial charge is 0.0146 e. The fraction of sp³-hybridized carbons (Fsp3) is 1.00. The molecule has 1 saturated heterocycles. The first-order valence-electron chi connectivity index (χ1n) is 6.07. The van der Waals surface area contributed by atoms with Crippen LogP contribution in [-0.4, -0.2) is 30.6 Å². The van der Waals surface area contributed by atoms with Gasteiger partial charge in [0.05, 0.1) is 0 Å². The number of hydrogen-bond acceptors (Lipinski definition) is 2. The zero-order valence-corrected chi connectivity index (χ0v) is 9.63. The van der Waals surface area contributed by atoms with Gasteiger partial charge in [-0.05, 0) is 43.7 Å². The van der Waals surface area contributed by atoms with Crippen LogP contribution in [0.1, 0.15) is 39.5 Å². The molecule has 1 saturated carbocycles. The summed E-state index contributed by atoms with van der Waals surface area (Å²) in [7, 11) is 0. The molecular formula is C12H24N2. The molecule has 1 aliphatic heterocycles. The molecular weight excluding hydrogens is 172 g/mol. The molecule has 14 heavy (non-hydrogen) atoms. The van der Waals surface area contributed by atoms with Gasteiger partial charge in [0.15, 0.2) is 0 Å². The highest BCUT2D eigenvalue weighted by Gasteiger charge is 2.40. The maximum atomic E-state index is 5.74. The van der Waals surface area contributed by atoms with E-state index in [1.165, 1.54) is 38.8 Å². The minimum Gasteiger partial charge on any atom is -0.330 e. The zero-order chi connectivity index (χ0) is 10.2. The van der Waals surface area contributed by atoms with Gasteiger partial charge in [0.25, 0.3) is 0 Å². The quantitative estimate of drug-likeness (QED) is 0.730. The highest BCUT2D eigenvalue weighted by molar-refractivity contribution is 4.94. The van der Waals surface area contributed by atoms with Crippen molar-refractivity contribution in [3.8, 4) is 0 Å². The molecule has 82 valence electrons. The predicted molar refractivity (Wildman–Crippen MR) is 60.2 cm³/mol. The van der Waals surface area contributed by atoms with Gasteiger partial charge in [0.2, 0.25) is 0 Å². The van der Waals surface area contributed by atoms with E-state index in [2.05, 4.69) is 18.7 Å². The van der Waals surface area contributed by atoms with Crippen LogP contribution in [0.5, 0.6) is 0 Å². The average molecular weight is 196 g/mol. The second kappa shape index (κ2) is 3.82. The lowest BCUT2D eigenvalue weighted by molar-refractivity contribution is 0.136. The topological polar surface area (TPSA) is 29.3 Å². The zero-order valence-electron chi connectivity index (χ0n) is 9.63. The first-order valence-corrected chi connectivity index (χ1v) is 6.07. The predicted octanol–water partition coefficient (Wildman–Crippen LogP) is 1.85. The highest BCUT2D eigenvalue weighted by Crippen LogP contribution is 2.41. The van der Waals surface area contributed by atoms with E-state index in [0.29, 0.717) is 5.41 Å². The van der Waals surface area contributed by atoms with Crippen LogP contribution in [0.2, 0.25) is 0 Å². The maximum absolute atomic E-state index is 5.74. The molecule has 0 amide bonds. The van der Waals surface area contributed by atoms with Gasteiger partial charge in [0, 0.05) is 12.6 Å². The molecule has 0 bridgehead atoms. The Morgan fingerprint density at radius 3 is 2.64 bits per heavy atom. The van der Waals surface area contributed by atoms with Gasteiger partial charge in [0.1, 0.15) is 0 Å². The van der Waals surface area contributed by atoms with Crippen molar-refractivity contribution in [1.29, 1.82) is 0 Å². The molecule has 2 atom stereocenters. The number of likely N-dealkylation sites (tertiary alicyclic amines) is 1. The Labute approximate surface area is 87.8 Å². The van der Waals surface area contributed by atoms with E-state index >= 15 is 0 Å². The van der Waals surface area contributed by atoms with Gasteiger partial charge in [-0.25, -0.2) is 0 Å². The van der Waals surface area contributed by atoms with Gasteiger partial charge in [-0.1, -0.05) is 20.3 Å². The number of nitrogens with zero attached hydrogens (tertiary/aromatic N) is 1. The van der Waals surface area contributed by atoms with Crippen LogP contribution in [0.15, 0.2) is 0 Å². The number of rotatable bonds is 2. The van der Waals surface area contributed by atoms with E-state index in [1.54, 1.807) is 0 Å². The summed E-state index contributed by atoms with van der Waals surface area (Å²) in [5.74, 6) is 0.770. The van der Waals surface area contributed by atoms with E-state index in [4.69, 9.17) is 5.73 Å². The van der Waals surface area contributed by atoms with Crippen LogP contribution in [0.25, 0.3) is 0 Å². The standard InChI is InChI=1S/C12H24N2/c1-12(2)6-3-4-11(12)14-7-5-10(8-13)9-14/h10-11H,3-9,13H2,1-2H3. The monoisotopic (exact) mass is 196 g/mol. The van der Waals surface area contributed by atoms with Crippen molar-refractivity contribution >= 4 is 0 Å². The van der Waals surface area contributed by atoms with Gasteiger partial charge >= 0.3 is 0 Å². The van der Waals surface area contributed by atoms with Crippen LogP contribution >= 0.6 is 0 Å². The van der Waals surface area contributed by atoms with E-state index < -0.39 is 0 Å². The van der Waals surface area contributed by atoms with E-state index in [0.717, 1.165) is 18.5 Å². The molecule has 1 aliphatic carbocycles. The first kappa shape index (κ1) is 10.4. The van der Waals surface area contributed by atoms with Crippen molar-refractivity contribution in [1.82, 2.24) is 4.90 Å². The third kappa shape index (κ3) is 1.82. The molecule has 0 radical (unpaired) electrons. The second-order valence-electron chi connectivity index (χ2n) is 5.78. The molecule has 0 aromatic carbocycles. The van der Waals surface area contributed by atoms with Crippen LogP contribution < -0.4 is 5.73 Å². The third-order valence-corrected chi connectivity index (χ3v) is 4.29. The summed E-state index contributed by atoms with van der Waals surface area (Å²) in [6.45, 7) is 8.28. The molecule has 0 spiro atoms. The van der Waals surface area contributed by atoms with Crippen molar-refractivity contribution in [2.45, 2.75) is 45.6 Å². The lowest BCUT2D eigenvalue weighted by Gasteiger charge is -2.35. The molecule has 2 nitrogen and oxygen atoms in total. The lowest BCUT2D eigenvalue weighted by Crippen LogP contribution is -2.40. The highest BCUT2D eigenvalue weighted by atomic mass is 15.2. The number of hydrogen-bond donors (Lipinski definition) is 1. The summed E-state index contributed by atoms with van der Waals surface area (Å²) in [6, 6.07) is 0.832. The summed E-state index contributed by atoms with van der Waals surface area (Å²) in [4.78, 5) is 2.70. The van der Waals surface area contributed by atoms with E-state index in [1.807, 2.05) is 0 Å². The Morgan fingerprint density at radius 1 is 1.36 bits per heavy atom. The summed E-state index contributed by atoms with van der Waals surface area (Å²) in [5, 5.41) is 0. The Kier molecular flexibility index (Phi) is 2.85. The molecule has 2 rings (SSSR count). The first-order chi connectivity index (χ1) is 6.63. The summed E-state index contributed by atoms with van der Waals surface area (Å²) >= 11 is 0. The van der Waals surface area contributed by atoms with Gasteiger partial charge in [-0.2, -0.15) is 0 Å². The Balaban J connectivity index is 1.96. The molecule has 2 heteroatoms. The van der Waals surface area contributed by atoms with E-state index in [-0.39, 0.29) is 0 Å². The maximum Gasteiger partial charge on any atom is 0.0146 e. The van der Waals surface area contributed by atoms with Gasteiger partial charge in [-0.15, -0.1) is 0 Å². The molecule has 2 unspecified atom stereocenters. The SMILES string of the molecule is CC1(C)CCCC1N1CCC(CN)C1. The van der Waals surface area contributed by atoms with Crippen LogP contribution in [0.3, 0.4) is 0 Å². The third-order valence-electron chi connectivity index (χ3n) is 4.29. The Bertz CT molecular complexity index is 200. The van der Waals surface area contributed by atoms with Crippen molar-refractivity contribution in [2.24, 2.45) is 17.1 Å². The van der Waals surface area contributed by atoms with Crippen molar-refractivity contribution < 1.29 is 0 Å². The van der Waals surface area contributed by atoms with Gasteiger partial charge < -0.3 is 5.73 Å². The van der Waals surface area contributed by atoms with Crippen LogP contribution in [0, 0.1) is 11.3 Å². The summed E-state index contributed by atoms with van der Waals surface area (Å²) < 4.78 is 0. The number of nitrogens with two attached hydrogens (primary N) is 1. The largest absolute Gasteiger partial charge is 0.330 e. The summed E-state index contributed by atoms with van der Waals surface area (Å²) in [5.41, 5.74) is 6.28. The summed E-state index contributed by atoms with van der Waals surface area (Å²) in [6.07, 6.45) is 5.55. The van der Waals surface area contributed by atoms with Crippen molar-refractivity contribution in [3.63, 3.8) is 0 Å².